The maximum absolute atomic E-state index is 12.6. The van der Waals surface area contributed by atoms with Crippen molar-refractivity contribution in [1.82, 2.24) is 9.80 Å². The molecule has 0 aromatic heterocycles. The number of carbonyl (C=O) groups excluding carboxylic acids is 1. The molecule has 2 aliphatic rings. The number of piperazine rings is 1. The number of amides is 1. The van der Waals surface area contributed by atoms with E-state index in [0.29, 0.717) is 0 Å². The normalized spacial score (nSPS) is 23.5. The highest BCUT2D eigenvalue weighted by atomic mass is 16.7. The molecule has 1 amide bonds. The van der Waals surface area contributed by atoms with Crippen molar-refractivity contribution < 1.29 is 14.1 Å². The summed E-state index contributed by atoms with van der Waals surface area (Å²) in [7, 11) is 1.70. The Morgan fingerprint density at radius 3 is 2.04 bits per heavy atom. The second kappa shape index (κ2) is 6.17. The Kier molecular flexibility index (Phi) is 4.49. The molecule has 2 heterocycles. The largest absolute Gasteiger partial charge is 0.494 e. The van der Waals surface area contributed by atoms with E-state index in [1.54, 1.807) is 0 Å². The molecule has 1 aromatic rings. The van der Waals surface area contributed by atoms with E-state index in [0.717, 1.165) is 37.2 Å². The summed E-state index contributed by atoms with van der Waals surface area (Å²) < 4.78 is 12.1. The molecule has 0 N–H and O–H groups in total. The Morgan fingerprint density at radius 1 is 1.04 bits per heavy atom. The molecule has 2 saturated heterocycles. The van der Waals surface area contributed by atoms with Crippen LogP contribution in [-0.2, 0) is 9.31 Å². The fourth-order valence-electron chi connectivity index (χ4n) is 2.95. The molecular formula is C18H27BN2O3. The van der Waals surface area contributed by atoms with Gasteiger partial charge in [-0.3, -0.25) is 4.79 Å². The zero-order chi connectivity index (χ0) is 17.5. The molecule has 6 heteroatoms. The molecule has 0 aliphatic carbocycles. The van der Waals surface area contributed by atoms with E-state index in [4.69, 9.17) is 9.31 Å². The zero-order valence-electron chi connectivity index (χ0n) is 15.3. The first-order valence-electron chi connectivity index (χ1n) is 8.63. The van der Waals surface area contributed by atoms with Crippen molar-refractivity contribution in [1.29, 1.82) is 0 Å². The van der Waals surface area contributed by atoms with Crippen LogP contribution in [0.3, 0.4) is 0 Å². The van der Waals surface area contributed by atoms with Gasteiger partial charge in [-0.05, 0) is 52.3 Å². The smallest absolute Gasteiger partial charge is 0.399 e. The summed E-state index contributed by atoms with van der Waals surface area (Å²) in [6.07, 6.45) is 0. The molecule has 2 aliphatic heterocycles. The Bertz CT molecular complexity index is 591. The van der Waals surface area contributed by atoms with E-state index in [1.807, 2.05) is 56.9 Å². The Balaban J connectivity index is 1.69. The summed E-state index contributed by atoms with van der Waals surface area (Å²) in [4.78, 5) is 16.8. The van der Waals surface area contributed by atoms with Crippen molar-refractivity contribution >= 4 is 18.5 Å². The van der Waals surface area contributed by atoms with Crippen LogP contribution in [-0.4, -0.2) is 67.3 Å². The fourth-order valence-corrected chi connectivity index (χ4v) is 2.95. The van der Waals surface area contributed by atoms with Gasteiger partial charge in [-0.2, -0.15) is 0 Å². The van der Waals surface area contributed by atoms with E-state index in [-0.39, 0.29) is 24.2 Å². The molecule has 1 aromatic carbocycles. The lowest BCUT2D eigenvalue weighted by Crippen LogP contribution is -2.47. The first-order chi connectivity index (χ1) is 11.2. The minimum Gasteiger partial charge on any atom is -0.399 e. The average Bonchev–Trinajstić information content (AvgIpc) is 2.76. The van der Waals surface area contributed by atoms with E-state index >= 15 is 0 Å². The predicted molar refractivity (Wildman–Crippen MR) is 95.6 cm³/mol. The van der Waals surface area contributed by atoms with Crippen LogP contribution in [0.5, 0.6) is 0 Å². The minimum absolute atomic E-state index is 0.101. The summed E-state index contributed by atoms with van der Waals surface area (Å²) in [6, 6.07) is 7.62. The van der Waals surface area contributed by atoms with E-state index in [9.17, 15) is 4.79 Å². The first-order valence-corrected chi connectivity index (χ1v) is 8.63. The Hall–Kier alpha value is -1.37. The molecule has 24 heavy (non-hydrogen) atoms. The maximum Gasteiger partial charge on any atom is 0.494 e. The highest BCUT2D eigenvalue weighted by molar-refractivity contribution is 6.62. The molecule has 2 fully saturated rings. The van der Waals surface area contributed by atoms with Gasteiger partial charge in [0.1, 0.15) is 0 Å². The van der Waals surface area contributed by atoms with Gasteiger partial charge < -0.3 is 19.1 Å². The molecule has 0 atom stereocenters. The standard InChI is InChI=1S/C18H27BN2O3/c1-17(2)18(3,4)24-19(23-17)15-8-6-14(7-9-15)16(22)21-12-10-20(5)11-13-21/h6-9H,10-13H2,1-5H3/i14+2. The topological polar surface area (TPSA) is 42.0 Å². The summed E-state index contributed by atoms with van der Waals surface area (Å²) in [6.45, 7) is 11.6. The molecule has 5 nitrogen and oxygen atoms in total. The molecule has 130 valence electrons. The van der Waals surface area contributed by atoms with Gasteiger partial charge in [0.05, 0.1) is 11.2 Å². The van der Waals surface area contributed by atoms with Crippen LogP contribution in [0.15, 0.2) is 24.3 Å². The van der Waals surface area contributed by atoms with Crippen LogP contribution in [0.1, 0.15) is 38.1 Å². The number of hydrogen-bond acceptors (Lipinski definition) is 4. The SMILES string of the molecule is CN1CCN(C(=O)[14c]2ccc(B3OC(C)(C)C(C)(C)O3)cc2)CC1. The number of carbonyl (C=O) groups is 1. The lowest BCUT2D eigenvalue weighted by Gasteiger charge is -2.32. The molecule has 0 saturated carbocycles. The van der Waals surface area contributed by atoms with Gasteiger partial charge in [0, 0.05) is 31.7 Å². The summed E-state index contributed by atoms with van der Waals surface area (Å²) in [5.41, 5.74) is 0.959. The molecule has 0 unspecified atom stereocenters. The first kappa shape index (κ1) is 17.5. The van der Waals surface area contributed by atoms with Crippen LogP contribution in [0, 0.1) is 0 Å². The zero-order valence-corrected chi connectivity index (χ0v) is 15.3. The van der Waals surface area contributed by atoms with E-state index < -0.39 is 0 Å². The quantitative estimate of drug-likeness (QED) is 0.768. The lowest BCUT2D eigenvalue weighted by molar-refractivity contribution is 0.00578. The predicted octanol–water partition coefficient (Wildman–Crippen LogP) is 1.37. The van der Waals surface area contributed by atoms with Gasteiger partial charge in [-0.1, -0.05) is 12.1 Å². The molecule has 3 rings (SSSR count). The van der Waals surface area contributed by atoms with Gasteiger partial charge in [0.2, 0.25) is 0 Å². The molecule has 0 bridgehead atoms. The third-order valence-corrected chi connectivity index (χ3v) is 5.47. The van der Waals surface area contributed by atoms with Gasteiger partial charge in [-0.15, -0.1) is 0 Å². The van der Waals surface area contributed by atoms with Crippen LogP contribution in [0.2, 0.25) is 0 Å². The monoisotopic (exact) mass is 332 g/mol. The van der Waals surface area contributed by atoms with Gasteiger partial charge in [0.25, 0.3) is 5.91 Å². The van der Waals surface area contributed by atoms with Crippen molar-refractivity contribution in [2.45, 2.75) is 38.9 Å². The summed E-state index contributed by atoms with van der Waals surface area (Å²) in [5, 5.41) is 0. The summed E-state index contributed by atoms with van der Waals surface area (Å²) in [5.74, 6) is 0.101. The lowest BCUT2D eigenvalue weighted by atomic mass is 9.80. The maximum atomic E-state index is 12.6. The highest BCUT2D eigenvalue weighted by Crippen LogP contribution is 2.36. The molecule has 0 spiro atoms. The second-order valence-corrected chi connectivity index (χ2v) is 7.81. The number of likely N-dealkylation sites (N-methyl/N-ethyl adjacent to an activating group) is 1. The minimum atomic E-state index is -0.386. The molecular weight excluding hydrogens is 305 g/mol. The van der Waals surface area contributed by atoms with Crippen LogP contribution in [0.25, 0.3) is 0 Å². The third kappa shape index (κ3) is 3.23. The number of hydrogen-bond donors (Lipinski definition) is 0. The van der Waals surface area contributed by atoms with Gasteiger partial charge >= 0.3 is 7.12 Å². The Morgan fingerprint density at radius 2 is 1.54 bits per heavy atom. The number of benzene rings is 1. The number of nitrogens with zero attached hydrogens (tertiary/aromatic N) is 2. The fraction of sp³-hybridized carbons (Fsp3) is 0.611. The van der Waals surface area contributed by atoms with Crippen molar-refractivity contribution in [3.8, 4) is 0 Å². The van der Waals surface area contributed by atoms with Gasteiger partial charge in [-0.25, -0.2) is 0 Å². The highest BCUT2D eigenvalue weighted by Gasteiger charge is 2.51. The number of rotatable bonds is 2. The summed E-state index contributed by atoms with van der Waals surface area (Å²) >= 11 is 0. The van der Waals surface area contributed by atoms with Crippen LogP contribution in [0.4, 0.5) is 0 Å². The van der Waals surface area contributed by atoms with Crippen LogP contribution < -0.4 is 5.46 Å². The molecule has 0 radical (unpaired) electrons. The van der Waals surface area contributed by atoms with Crippen LogP contribution >= 0.6 is 0 Å². The third-order valence-electron chi connectivity index (χ3n) is 5.47. The van der Waals surface area contributed by atoms with Crippen molar-refractivity contribution in [3.05, 3.63) is 29.8 Å². The van der Waals surface area contributed by atoms with E-state index in [1.165, 1.54) is 0 Å². The average molecular weight is 332 g/mol. The Labute approximate surface area is 145 Å². The van der Waals surface area contributed by atoms with Crippen molar-refractivity contribution in [2.75, 3.05) is 33.2 Å². The second-order valence-electron chi connectivity index (χ2n) is 7.81. The van der Waals surface area contributed by atoms with E-state index in [2.05, 4.69) is 11.9 Å². The van der Waals surface area contributed by atoms with Crippen molar-refractivity contribution in [3.63, 3.8) is 0 Å². The van der Waals surface area contributed by atoms with Gasteiger partial charge in [0.15, 0.2) is 0 Å². The van der Waals surface area contributed by atoms with Crippen molar-refractivity contribution in [2.24, 2.45) is 0 Å².